The van der Waals surface area contributed by atoms with Crippen LogP contribution in [0, 0.1) is 17.8 Å². The summed E-state index contributed by atoms with van der Waals surface area (Å²) < 4.78 is 0. The smallest absolute Gasteiger partial charge is 0.228 e. The molecule has 0 atom stereocenters. The quantitative estimate of drug-likeness (QED) is 0.544. The van der Waals surface area contributed by atoms with Crippen LogP contribution < -0.4 is 10.6 Å². The Morgan fingerprint density at radius 1 is 1.14 bits per heavy atom. The van der Waals surface area contributed by atoms with E-state index in [1.54, 1.807) is 37.6 Å². The van der Waals surface area contributed by atoms with Crippen molar-refractivity contribution in [2.45, 2.75) is 12.8 Å². The number of benzene rings is 1. The second kappa shape index (κ2) is 7.49. The third kappa shape index (κ3) is 3.69. The molecule has 6 heteroatoms. The first kappa shape index (κ1) is 17.7. The summed E-state index contributed by atoms with van der Waals surface area (Å²) in [6.07, 6.45) is 6.05. The lowest BCUT2D eigenvalue weighted by molar-refractivity contribution is -0.117. The molecule has 1 aliphatic carbocycles. The van der Waals surface area contributed by atoms with E-state index in [9.17, 15) is 9.59 Å². The fourth-order valence-electron chi connectivity index (χ4n) is 2.91. The van der Waals surface area contributed by atoms with E-state index in [4.69, 9.17) is 0 Å². The maximum atomic E-state index is 12.1. The highest BCUT2D eigenvalue weighted by molar-refractivity contribution is 5.99. The van der Waals surface area contributed by atoms with Crippen LogP contribution in [0.15, 0.2) is 42.7 Å². The Morgan fingerprint density at radius 3 is 2.75 bits per heavy atom. The van der Waals surface area contributed by atoms with Crippen LogP contribution in [0.4, 0.5) is 11.6 Å². The number of hydrogen-bond acceptors (Lipinski definition) is 5. The molecule has 6 nitrogen and oxygen atoms in total. The van der Waals surface area contributed by atoms with Crippen LogP contribution >= 0.6 is 0 Å². The molecule has 0 unspecified atom stereocenters. The average Bonchev–Trinajstić information content (AvgIpc) is 3.57. The second-order valence-electron chi connectivity index (χ2n) is 6.64. The van der Waals surface area contributed by atoms with Crippen molar-refractivity contribution in [2.75, 3.05) is 17.7 Å². The number of nitrogens with zero attached hydrogens (tertiary/aromatic N) is 2. The highest BCUT2D eigenvalue weighted by Gasteiger charge is 2.29. The molecule has 1 aromatic carbocycles. The van der Waals surface area contributed by atoms with E-state index in [-0.39, 0.29) is 11.8 Å². The largest absolute Gasteiger partial charge is 0.373 e. The van der Waals surface area contributed by atoms with Gasteiger partial charge in [0.15, 0.2) is 0 Å². The lowest BCUT2D eigenvalue weighted by Crippen LogP contribution is -2.14. The molecule has 2 N–H and O–H groups in total. The zero-order chi connectivity index (χ0) is 19.5. The van der Waals surface area contributed by atoms with Gasteiger partial charge in [0.25, 0.3) is 0 Å². The monoisotopic (exact) mass is 370 g/mol. The molecule has 3 aromatic rings. The molecular weight excluding hydrogens is 352 g/mol. The third-order valence-corrected chi connectivity index (χ3v) is 4.57. The number of amides is 1. The highest BCUT2D eigenvalue weighted by Crippen LogP contribution is 2.31. The van der Waals surface area contributed by atoms with Crippen LogP contribution in [0.3, 0.4) is 0 Å². The number of aldehydes is 1. The van der Waals surface area contributed by atoms with Crippen LogP contribution in [0.1, 0.15) is 34.3 Å². The molecular formula is C22H18N4O2. The predicted octanol–water partition coefficient (Wildman–Crippen LogP) is 3.23. The van der Waals surface area contributed by atoms with Gasteiger partial charge in [-0.1, -0.05) is 24.0 Å². The Balaban J connectivity index is 1.75. The molecule has 2 aromatic heterocycles. The van der Waals surface area contributed by atoms with Gasteiger partial charge < -0.3 is 10.6 Å². The SMILES string of the molecule is CNc1ncc(C#Cc2cccc(C=O)c2)c2cc(NC(=O)C3CC3)ncc12. The lowest BCUT2D eigenvalue weighted by Gasteiger charge is -2.09. The molecule has 0 aliphatic heterocycles. The number of pyridine rings is 2. The summed E-state index contributed by atoms with van der Waals surface area (Å²) >= 11 is 0. The predicted molar refractivity (Wildman–Crippen MR) is 108 cm³/mol. The standard InChI is InChI=1S/C22H18N4O2/c1-23-21-19-12-24-20(26-22(28)16-7-8-16)10-18(19)17(11-25-21)6-5-14-3-2-4-15(9-14)13-27/h2-4,9-13,16H,7-8H2,1H3,(H,23,25)(H,24,26,28). The molecule has 1 aliphatic rings. The van der Waals surface area contributed by atoms with E-state index in [2.05, 4.69) is 32.4 Å². The van der Waals surface area contributed by atoms with Gasteiger partial charge in [-0.15, -0.1) is 0 Å². The maximum Gasteiger partial charge on any atom is 0.228 e. The van der Waals surface area contributed by atoms with Gasteiger partial charge in [0.2, 0.25) is 5.91 Å². The van der Waals surface area contributed by atoms with Crippen molar-refractivity contribution in [3.05, 3.63) is 59.4 Å². The van der Waals surface area contributed by atoms with E-state index in [0.29, 0.717) is 17.2 Å². The Hall–Kier alpha value is -3.72. The molecule has 1 saturated carbocycles. The fourth-order valence-corrected chi connectivity index (χ4v) is 2.91. The van der Waals surface area contributed by atoms with Crippen molar-refractivity contribution < 1.29 is 9.59 Å². The second-order valence-corrected chi connectivity index (χ2v) is 6.64. The minimum atomic E-state index is 0.00746. The summed E-state index contributed by atoms with van der Waals surface area (Å²) in [4.78, 5) is 31.8. The van der Waals surface area contributed by atoms with Crippen molar-refractivity contribution in [3.8, 4) is 11.8 Å². The van der Waals surface area contributed by atoms with E-state index in [1.807, 2.05) is 12.1 Å². The van der Waals surface area contributed by atoms with E-state index >= 15 is 0 Å². The van der Waals surface area contributed by atoms with Crippen molar-refractivity contribution >= 4 is 34.6 Å². The summed E-state index contributed by atoms with van der Waals surface area (Å²) in [5, 5.41) is 7.59. The van der Waals surface area contributed by atoms with Crippen LogP contribution in [0.25, 0.3) is 10.8 Å². The van der Waals surface area contributed by atoms with E-state index < -0.39 is 0 Å². The molecule has 28 heavy (non-hydrogen) atoms. The molecule has 1 amide bonds. The van der Waals surface area contributed by atoms with Gasteiger partial charge in [0.1, 0.15) is 17.9 Å². The van der Waals surface area contributed by atoms with E-state index in [1.165, 1.54) is 0 Å². The highest BCUT2D eigenvalue weighted by atomic mass is 16.2. The topological polar surface area (TPSA) is 84.0 Å². The van der Waals surface area contributed by atoms with Gasteiger partial charge >= 0.3 is 0 Å². The van der Waals surface area contributed by atoms with Crippen LogP contribution in [0.2, 0.25) is 0 Å². The number of nitrogens with one attached hydrogen (secondary N) is 2. The fraction of sp³-hybridized carbons (Fsp3) is 0.182. The number of carbonyl (C=O) groups is 2. The Labute approximate surface area is 162 Å². The van der Waals surface area contributed by atoms with Gasteiger partial charge in [0.05, 0.1) is 5.56 Å². The van der Waals surface area contributed by atoms with Crippen molar-refractivity contribution in [1.82, 2.24) is 9.97 Å². The normalized spacial score (nSPS) is 12.8. The van der Waals surface area contributed by atoms with Gasteiger partial charge in [-0.25, -0.2) is 9.97 Å². The Morgan fingerprint density at radius 2 is 2.00 bits per heavy atom. The zero-order valence-electron chi connectivity index (χ0n) is 15.3. The minimum absolute atomic E-state index is 0.00746. The number of fused-ring (bicyclic) bond motifs is 1. The van der Waals surface area contributed by atoms with Crippen LogP contribution in [-0.4, -0.2) is 29.2 Å². The van der Waals surface area contributed by atoms with Gasteiger partial charge in [-0.2, -0.15) is 0 Å². The van der Waals surface area contributed by atoms with E-state index in [0.717, 1.165) is 41.0 Å². The third-order valence-electron chi connectivity index (χ3n) is 4.57. The van der Waals surface area contributed by atoms with Gasteiger partial charge in [-0.3, -0.25) is 9.59 Å². The number of hydrogen-bond donors (Lipinski definition) is 2. The molecule has 4 rings (SSSR count). The van der Waals surface area contributed by atoms with Crippen molar-refractivity contribution in [2.24, 2.45) is 5.92 Å². The summed E-state index contributed by atoms with van der Waals surface area (Å²) in [7, 11) is 1.79. The number of carbonyl (C=O) groups excluding carboxylic acids is 2. The molecule has 0 radical (unpaired) electrons. The molecule has 1 fully saturated rings. The van der Waals surface area contributed by atoms with Gasteiger partial charge in [0, 0.05) is 47.3 Å². The van der Waals surface area contributed by atoms with Crippen LogP contribution in [-0.2, 0) is 4.79 Å². The molecule has 138 valence electrons. The summed E-state index contributed by atoms with van der Waals surface area (Å²) in [6.45, 7) is 0. The zero-order valence-corrected chi connectivity index (χ0v) is 15.3. The first-order chi connectivity index (χ1) is 13.7. The van der Waals surface area contributed by atoms with Gasteiger partial charge in [-0.05, 0) is 31.0 Å². The van der Waals surface area contributed by atoms with Crippen molar-refractivity contribution in [1.29, 1.82) is 0 Å². The molecule has 2 heterocycles. The van der Waals surface area contributed by atoms with Crippen molar-refractivity contribution in [3.63, 3.8) is 0 Å². The Kier molecular flexibility index (Phi) is 4.73. The lowest BCUT2D eigenvalue weighted by atomic mass is 10.1. The number of anilines is 2. The summed E-state index contributed by atoms with van der Waals surface area (Å²) in [6, 6.07) is 8.94. The number of aromatic nitrogens is 2. The summed E-state index contributed by atoms with van der Waals surface area (Å²) in [5.41, 5.74) is 2.04. The first-order valence-electron chi connectivity index (χ1n) is 9.02. The molecule has 0 bridgehead atoms. The Bertz CT molecular complexity index is 1140. The summed E-state index contributed by atoms with van der Waals surface area (Å²) in [5.74, 6) is 7.51. The number of rotatable bonds is 4. The van der Waals surface area contributed by atoms with Crippen LogP contribution in [0.5, 0.6) is 0 Å². The maximum absolute atomic E-state index is 12.1. The molecule has 0 saturated heterocycles. The minimum Gasteiger partial charge on any atom is -0.373 e. The first-order valence-corrected chi connectivity index (χ1v) is 9.02. The average molecular weight is 370 g/mol. The molecule has 0 spiro atoms.